The Hall–Kier alpha value is -1.79. The summed E-state index contributed by atoms with van der Waals surface area (Å²) in [5, 5.41) is 1.31. The molecule has 0 aliphatic carbocycles. The Morgan fingerprint density at radius 2 is 2.18 bits per heavy atom. The molecular formula is C16H16N2O2S2. The summed E-state index contributed by atoms with van der Waals surface area (Å²) in [4.78, 5) is 21.2. The van der Waals surface area contributed by atoms with Crippen LogP contribution >= 0.6 is 23.1 Å². The Morgan fingerprint density at radius 1 is 1.32 bits per heavy atom. The van der Waals surface area contributed by atoms with Gasteiger partial charge in [-0.2, -0.15) is 0 Å². The van der Waals surface area contributed by atoms with Gasteiger partial charge in [0.1, 0.15) is 10.6 Å². The molecule has 0 fully saturated rings. The van der Waals surface area contributed by atoms with Gasteiger partial charge in [0.2, 0.25) is 0 Å². The van der Waals surface area contributed by atoms with E-state index in [4.69, 9.17) is 4.74 Å². The lowest BCUT2D eigenvalue weighted by molar-refractivity contribution is 0.343. The zero-order valence-corrected chi connectivity index (χ0v) is 14.0. The molecule has 6 heteroatoms. The first kappa shape index (κ1) is 15.1. The molecule has 0 spiro atoms. The number of aryl methyl sites for hydroxylation is 2. The summed E-state index contributed by atoms with van der Waals surface area (Å²) in [6.45, 7) is 4.59. The largest absolute Gasteiger partial charge is 0.493 e. The average Bonchev–Trinajstić information content (AvgIpc) is 2.85. The van der Waals surface area contributed by atoms with Crippen molar-refractivity contribution in [3.63, 3.8) is 0 Å². The maximum atomic E-state index is 12.0. The number of hydrogen-bond donors (Lipinski definition) is 1. The lowest BCUT2D eigenvalue weighted by Crippen LogP contribution is -2.08. The third-order valence-corrected chi connectivity index (χ3v) is 4.87. The summed E-state index contributed by atoms with van der Waals surface area (Å²) in [6, 6.07) is 9.84. The summed E-state index contributed by atoms with van der Waals surface area (Å²) in [6.07, 6.45) is 0. The van der Waals surface area contributed by atoms with Crippen molar-refractivity contribution in [3.05, 3.63) is 51.1 Å². The van der Waals surface area contributed by atoms with Gasteiger partial charge < -0.3 is 9.72 Å². The second-order valence-corrected chi connectivity index (χ2v) is 7.28. The van der Waals surface area contributed by atoms with Crippen LogP contribution in [0.1, 0.15) is 10.4 Å². The van der Waals surface area contributed by atoms with Crippen molar-refractivity contribution >= 4 is 33.3 Å². The Kier molecular flexibility index (Phi) is 4.49. The van der Waals surface area contributed by atoms with Crippen LogP contribution in [0.2, 0.25) is 0 Å². The number of thioether (sulfide) groups is 1. The second-order valence-electron chi connectivity index (χ2n) is 4.96. The third kappa shape index (κ3) is 3.51. The highest BCUT2D eigenvalue weighted by Crippen LogP contribution is 2.22. The molecule has 22 heavy (non-hydrogen) atoms. The minimum atomic E-state index is -0.0727. The van der Waals surface area contributed by atoms with Crippen LogP contribution in [0.3, 0.4) is 0 Å². The predicted octanol–water partition coefficient (Wildman–Crippen LogP) is 3.77. The molecule has 0 radical (unpaired) electrons. The first-order valence-electron chi connectivity index (χ1n) is 6.94. The van der Waals surface area contributed by atoms with Crippen molar-refractivity contribution in [1.82, 2.24) is 9.97 Å². The lowest BCUT2D eigenvalue weighted by atomic mass is 10.2. The first-order chi connectivity index (χ1) is 10.6. The molecule has 0 saturated heterocycles. The van der Waals surface area contributed by atoms with Crippen LogP contribution in [-0.2, 0) is 0 Å². The Bertz CT molecular complexity index is 855. The van der Waals surface area contributed by atoms with Crippen LogP contribution in [0.15, 0.2) is 40.3 Å². The molecule has 0 atom stereocenters. The van der Waals surface area contributed by atoms with Crippen LogP contribution < -0.4 is 10.3 Å². The fraction of sp³-hybridized carbons (Fsp3) is 0.250. The van der Waals surface area contributed by atoms with Crippen molar-refractivity contribution < 1.29 is 4.74 Å². The molecule has 0 amide bonds. The quantitative estimate of drug-likeness (QED) is 0.439. The van der Waals surface area contributed by atoms with Gasteiger partial charge in [-0.25, -0.2) is 4.98 Å². The number of aromatic nitrogens is 2. The van der Waals surface area contributed by atoms with E-state index >= 15 is 0 Å². The number of hydrogen-bond acceptors (Lipinski definition) is 5. The Labute approximate surface area is 136 Å². The highest BCUT2D eigenvalue weighted by atomic mass is 32.2. The van der Waals surface area contributed by atoms with Crippen molar-refractivity contribution in [3.8, 4) is 5.75 Å². The molecule has 0 unspecified atom stereocenters. The van der Waals surface area contributed by atoms with E-state index in [-0.39, 0.29) is 5.56 Å². The van der Waals surface area contributed by atoms with Gasteiger partial charge in [-0.15, -0.1) is 11.3 Å². The number of H-pyrrole nitrogens is 1. The van der Waals surface area contributed by atoms with Crippen molar-refractivity contribution in [1.29, 1.82) is 0 Å². The average molecular weight is 332 g/mol. The van der Waals surface area contributed by atoms with E-state index in [0.29, 0.717) is 17.1 Å². The van der Waals surface area contributed by atoms with E-state index in [2.05, 4.69) is 9.97 Å². The maximum Gasteiger partial charge on any atom is 0.260 e. The smallest absolute Gasteiger partial charge is 0.260 e. The zero-order valence-electron chi connectivity index (χ0n) is 12.4. The number of aromatic amines is 1. The summed E-state index contributed by atoms with van der Waals surface area (Å²) in [5.74, 6) is 1.60. The van der Waals surface area contributed by atoms with E-state index in [9.17, 15) is 4.79 Å². The number of thiophene rings is 1. The summed E-state index contributed by atoms with van der Waals surface area (Å²) >= 11 is 3.04. The molecule has 0 aliphatic rings. The van der Waals surface area contributed by atoms with Gasteiger partial charge in [0.05, 0.1) is 12.0 Å². The minimum Gasteiger partial charge on any atom is -0.493 e. The van der Waals surface area contributed by atoms with E-state index in [1.165, 1.54) is 17.3 Å². The molecule has 3 aromatic rings. The lowest BCUT2D eigenvalue weighted by Gasteiger charge is -2.06. The third-order valence-electron chi connectivity index (χ3n) is 3.08. The van der Waals surface area contributed by atoms with Gasteiger partial charge in [0, 0.05) is 10.6 Å². The van der Waals surface area contributed by atoms with Crippen LogP contribution in [0.25, 0.3) is 10.2 Å². The molecule has 4 nitrogen and oxygen atoms in total. The second kappa shape index (κ2) is 6.54. The van der Waals surface area contributed by atoms with Gasteiger partial charge in [0.25, 0.3) is 5.56 Å². The Morgan fingerprint density at radius 3 is 3.00 bits per heavy atom. The molecule has 1 N–H and O–H groups in total. The number of ether oxygens (including phenoxy) is 1. The SMILES string of the molecule is Cc1cccc(OCCSc2nc3sc(C)cc3c(=O)[nH]2)c1. The highest BCUT2D eigenvalue weighted by molar-refractivity contribution is 7.99. The number of benzene rings is 1. The molecule has 1 aromatic carbocycles. The van der Waals surface area contributed by atoms with Gasteiger partial charge in [-0.1, -0.05) is 23.9 Å². The molecule has 0 aliphatic heterocycles. The normalized spacial score (nSPS) is 11.0. The molecule has 0 saturated carbocycles. The summed E-state index contributed by atoms with van der Waals surface area (Å²) in [5.41, 5.74) is 1.10. The van der Waals surface area contributed by atoms with E-state index in [1.54, 1.807) is 11.3 Å². The van der Waals surface area contributed by atoms with Gasteiger partial charge in [-0.3, -0.25) is 4.79 Å². The summed E-state index contributed by atoms with van der Waals surface area (Å²) < 4.78 is 5.69. The van der Waals surface area contributed by atoms with Crippen LogP contribution in [0.4, 0.5) is 0 Å². The Balaban J connectivity index is 1.61. The maximum absolute atomic E-state index is 12.0. The molecule has 3 rings (SSSR count). The molecular weight excluding hydrogens is 316 g/mol. The van der Waals surface area contributed by atoms with E-state index in [1.807, 2.05) is 44.2 Å². The minimum absolute atomic E-state index is 0.0727. The van der Waals surface area contributed by atoms with E-state index in [0.717, 1.165) is 21.2 Å². The number of nitrogens with zero attached hydrogens (tertiary/aromatic N) is 1. The topological polar surface area (TPSA) is 55.0 Å². The predicted molar refractivity (Wildman–Crippen MR) is 92.4 cm³/mol. The van der Waals surface area contributed by atoms with Gasteiger partial charge >= 0.3 is 0 Å². The van der Waals surface area contributed by atoms with Crippen molar-refractivity contribution in [2.45, 2.75) is 19.0 Å². The number of nitrogens with one attached hydrogen (secondary N) is 1. The van der Waals surface area contributed by atoms with Crippen LogP contribution in [-0.4, -0.2) is 22.3 Å². The van der Waals surface area contributed by atoms with Gasteiger partial charge in [0.15, 0.2) is 5.16 Å². The standard InChI is InChI=1S/C16H16N2O2S2/c1-10-4-3-5-12(8-10)20-6-7-21-16-17-14(19)13-9-11(2)22-15(13)18-16/h3-5,8-9H,6-7H2,1-2H3,(H,17,18,19). The van der Waals surface area contributed by atoms with Crippen LogP contribution in [0.5, 0.6) is 5.75 Å². The fourth-order valence-corrected chi connectivity index (χ4v) is 3.72. The zero-order chi connectivity index (χ0) is 15.5. The van der Waals surface area contributed by atoms with E-state index < -0.39 is 0 Å². The first-order valence-corrected chi connectivity index (χ1v) is 8.75. The molecule has 2 aromatic heterocycles. The van der Waals surface area contributed by atoms with Gasteiger partial charge in [-0.05, 0) is 37.6 Å². The van der Waals surface area contributed by atoms with Crippen molar-refractivity contribution in [2.75, 3.05) is 12.4 Å². The number of fused-ring (bicyclic) bond motifs is 1. The summed E-state index contributed by atoms with van der Waals surface area (Å²) in [7, 11) is 0. The molecule has 0 bridgehead atoms. The van der Waals surface area contributed by atoms with Crippen LogP contribution in [0, 0.1) is 13.8 Å². The number of rotatable bonds is 5. The highest BCUT2D eigenvalue weighted by Gasteiger charge is 2.07. The van der Waals surface area contributed by atoms with Crippen molar-refractivity contribution in [2.24, 2.45) is 0 Å². The monoisotopic (exact) mass is 332 g/mol. The molecule has 2 heterocycles. The fourth-order valence-electron chi connectivity index (χ4n) is 2.10. The molecule has 114 valence electrons.